The van der Waals surface area contributed by atoms with Gasteiger partial charge in [0.2, 0.25) is 5.91 Å². The Hall–Kier alpha value is -0.570. The Balaban J connectivity index is 2.84. The molecule has 0 bridgehead atoms. The molecule has 0 aromatic carbocycles. The van der Waals surface area contributed by atoms with Gasteiger partial charge in [0.05, 0.1) is 0 Å². The summed E-state index contributed by atoms with van der Waals surface area (Å²) in [5.41, 5.74) is 5.55. The first-order valence-electron chi connectivity index (χ1n) is 5.28. The van der Waals surface area contributed by atoms with Gasteiger partial charge in [-0.1, -0.05) is 20.8 Å². The monoisotopic (exact) mass is 198 g/mol. The fourth-order valence-electron chi connectivity index (χ4n) is 3.10. The smallest absolute Gasteiger partial charge is 0.219 e. The highest BCUT2D eigenvalue weighted by molar-refractivity contribution is 5.75. The Kier molecular flexibility index (Phi) is 2.91. The van der Waals surface area contributed by atoms with Crippen LogP contribution in [0.1, 0.15) is 40.0 Å². The molecule has 1 aliphatic rings. The van der Waals surface area contributed by atoms with Crippen molar-refractivity contribution in [3.05, 3.63) is 0 Å². The maximum atomic E-state index is 11.1. The molecule has 3 nitrogen and oxygen atoms in total. The molecule has 1 saturated carbocycles. The first-order valence-corrected chi connectivity index (χ1v) is 5.28. The summed E-state index contributed by atoms with van der Waals surface area (Å²) in [5.74, 6) is 0.305. The van der Waals surface area contributed by atoms with Crippen molar-refractivity contribution in [1.82, 2.24) is 5.32 Å². The van der Waals surface area contributed by atoms with Crippen molar-refractivity contribution in [2.24, 2.45) is 17.1 Å². The molecule has 1 amide bonds. The molecule has 1 rings (SSSR count). The van der Waals surface area contributed by atoms with E-state index < -0.39 is 0 Å². The van der Waals surface area contributed by atoms with Gasteiger partial charge in [-0.3, -0.25) is 4.79 Å². The van der Waals surface area contributed by atoms with Crippen LogP contribution in [0.25, 0.3) is 0 Å². The SMILES string of the molecule is CNC1(CC(N)=O)CC(C)(C)CC1C. The van der Waals surface area contributed by atoms with Gasteiger partial charge >= 0.3 is 0 Å². The van der Waals surface area contributed by atoms with E-state index >= 15 is 0 Å². The van der Waals surface area contributed by atoms with Crippen molar-refractivity contribution in [2.75, 3.05) is 7.05 Å². The van der Waals surface area contributed by atoms with Crippen LogP contribution in [0.2, 0.25) is 0 Å². The maximum absolute atomic E-state index is 11.1. The Morgan fingerprint density at radius 1 is 1.57 bits per heavy atom. The molecule has 2 atom stereocenters. The van der Waals surface area contributed by atoms with Crippen molar-refractivity contribution >= 4 is 5.91 Å². The van der Waals surface area contributed by atoms with E-state index in [2.05, 4.69) is 26.1 Å². The fourth-order valence-corrected chi connectivity index (χ4v) is 3.10. The van der Waals surface area contributed by atoms with E-state index in [0.717, 1.165) is 12.8 Å². The van der Waals surface area contributed by atoms with Crippen LogP contribution in [0, 0.1) is 11.3 Å². The van der Waals surface area contributed by atoms with E-state index in [1.165, 1.54) is 0 Å². The summed E-state index contributed by atoms with van der Waals surface area (Å²) in [4.78, 5) is 11.1. The summed E-state index contributed by atoms with van der Waals surface area (Å²) in [6.07, 6.45) is 2.63. The van der Waals surface area contributed by atoms with E-state index in [4.69, 9.17) is 5.73 Å². The largest absolute Gasteiger partial charge is 0.370 e. The fraction of sp³-hybridized carbons (Fsp3) is 0.909. The molecule has 0 aliphatic heterocycles. The molecule has 1 fully saturated rings. The molecule has 14 heavy (non-hydrogen) atoms. The van der Waals surface area contributed by atoms with Crippen LogP contribution in [0.4, 0.5) is 0 Å². The quantitative estimate of drug-likeness (QED) is 0.717. The van der Waals surface area contributed by atoms with E-state index in [9.17, 15) is 4.79 Å². The zero-order valence-electron chi connectivity index (χ0n) is 9.68. The molecular formula is C11H22N2O. The zero-order chi connectivity index (χ0) is 11.0. The van der Waals surface area contributed by atoms with Gasteiger partial charge in [-0.05, 0) is 31.2 Å². The molecule has 0 radical (unpaired) electrons. The highest BCUT2D eigenvalue weighted by Crippen LogP contribution is 2.48. The third-order valence-corrected chi connectivity index (χ3v) is 3.58. The molecule has 2 unspecified atom stereocenters. The van der Waals surface area contributed by atoms with Gasteiger partial charge in [0, 0.05) is 12.0 Å². The summed E-state index contributed by atoms with van der Waals surface area (Å²) in [6, 6.07) is 0. The lowest BCUT2D eigenvalue weighted by atomic mass is 9.83. The second kappa shape index (κ2) is 3.54. The van der Waals surface area contributed by atoms with Crippen LogP contribution in [0.3, 0.4) is 0 Å². The molecule has 0 aromatic rings. The molecule has 0 spiro atoms. The van der Waals surface area contributed by atoms with Gasteiger partial charge in [-0.2, -0.15) is 0 Å². The van der Waals surface area contributed by atoms with Crippen molar-refractivity contribution in [2.45, 2.75) is 45.6 Å². The minimum absolute atomic E-state index is 0.0741. The molecule has 82 valence electrons. The standard InChI is InChI=1S/C11H22N2O/c1-8-5-10(2,3)7-11(8,13-4)6-9(12)14/h8,13H,5-7H2,1-4H3,(H2,12,14). The first kappa shape index (κ1) is 11.5. The van der Waals surface area contributed by atoms with E-state index in [0.29, 0.717) is 17.8 Å². The first-order chi connectivity index (χ1) is 6.31. The average molecular weight is 198 g/mol. The lowest BCUT2D eigenvalue weighted by Gasteiger charge is -2.33. The number of carbonyl (C=O) groups is 1. The van der Waals surface area contributed by atoms with Gasteiger partial charge in [-0.15, -0.1) is 0 Å². The van der Waals surface area contributed by atoms with E-state index in [1.54, 1.807) is 0 Å². The van der Waals surface area contributed by atoms with Gasteiger partial charge in [-0.25, -0.2) is 0 Å². The maximum Gasteiger partial charge on any atom is 0.219 e. The predicted octanol–water partition coefficient (Wildman–Crippen LogP) is 1.28. The third-order valence-electron chi connectivity index (χ3n) is 3.58. The minimum Gasteiger partial charge on any atom is -0.370 e. The number of nitrogens with two attached hydrogens (primary N) is 1. The number of carbonyl (C=O) groups excluding carboxylic acids is 1. The highest BCUT2D eigenvalue weighted by Gasteiger charge is 2.48. The molecule has 0 heterocycles. The molecule has 0 aromatic heterocycles. The second-order valence-corrected chi connectivity index (χ2v) is 5.50. The predicted molar refractivity (Wildman–Crippen MR) is 57.8 cm³/mol. The second-order valence-electron chi connectivity index (χ2n) is 5.50. The lowest BCUT2D eigenvalue weighted by Crippen LogP contribution is -2.48. The molecule has 1 aliphatic carbocycles. The van der Waals surface area contributed by atoms with E-state index in [1.807, 2.05) is 7.05 Å². The normalized spacial score (nSPS) is 35.9. The van der Waals surface area contributed by atoms with Crippen molar-refractivity contribution < 1.29 is 4.79 Å². The Bertz CT molecular complexity index is 237. The van der Waals surface area contributed by atoms with Crippen molar-refractivity contribution in [3.8, 4) is 0 Å². The van der Waals surface area contributed by atoms with Gasteiger partial charge in [0.15, 0.2) is 0 Å². The van der Waals surface area contributed by atoms with Crippen molar-refractivity contribution in [1.29, 1.82) is 0 Å². The van der Waals surface area contributed by atoms with Crippen LogP contribution in [0.5, 0.6) is 0 Å². The summed E-state index contributed by atoms with van der Waals surface area (Å²) >= 11 is 0. The number of amides is 1. The Morgan fingerprint density at radius 2 is 2.14 bits per heavy atom. The number of primary amides is 1. The van der Waals surface area contributed by atoms with E-state index in [-0.39, 0.29) is 11.4 Å². The zero-order valence-corrected chi connectivity index (χ0v) is 9.68. The molecule has 0 saturated heterocycles. The Morgan fingerprint density at radius 3 is 2.43 bits per heavy atom. The van der Waals surface area contributed by atoms with Crippen LogP contribution < -0.4 is 11.1 Å². The summed E-state index contributed by atoms with van der Waals surface area (Å²) < 4.78 is 0. The number of nitrogens with one attached hydrogen (secondary N) is 1. The minimum atomic E-state index is -0.205. The molecule has 3 heteroatoms. The van der Waals surface area contributed by atoms with Gasteiger partial charge < -0.3 is 11.1 Å². The number of hydrogen-bond donors (Lipinski definition) is 2. The topological polar surface area (TPSA) is 55.1 Å². The average Bonchev–Trinajstić information content (AvgIpc) is 2.21. The lowest BCUT2D eigenvalue weighted by molar-refractivity contribution is -0.119. The van der Waals surface area contributed by atoms with Gasteiger partial charge in [0.1, 0.15) is 0 Å². The van der Waals surface area contributed by atoms with Crippen molar-refractivity contribution in [3.63, 3.8) is 0 Å². The molecule has 3 N–H and O–H groups in total. The third kappa shape index (κ3) is 2.08. The number of rotatable bonds is 3. The summed E-state index contributed by atoms with van der Waals surface area (Å²) in [5, 5.41) is 3.31. The summed E-state index contributed by atoms with van der Waals surface area (Å²) in [6.45, 7) is 6.71. The number of hydrogen-bond acceptors (Lipinski definition) is 2. The van der Waals surface area contributed by atoms with Crippen LogP contribution >= 0.6 is 0 Å². The summed E-state index contributed by atoms with van der Waals surface area (Å²) in [7, 11) is 1.93. The molecular weight excluding hydrogens is 176 g/mol. The van der Waals surface area contributed by atoms with Crippen LogP contribution in [-0.2, 0) is 4.79 Å². The highest BCUT2D eigenvalue weighted by atomic mass is 16.1. The van der Waals surface area contributed by atoms with Crippen LogP contribution in [0.15, 0.2) is 0 Å². The van der Waals surface area contributed by atoms with Crippen LogP contribution in [-0.4, -0.2) is 18.5 Å². The Labute approximate surface area is 86.4 Å². The van der Waals surface area contributed by atoms with Gasteiger partial charge in [0.25, 0.3) is 0 Å².